The Balaban J connectivity index is 1.58. The highest BCUT2D eigenvalue weighted by molar-refractivity contribution is 6.44. The van der Waals surface area contributed by atoms with E-state index < -0.39 is 0 Å². The van der Waals surface area contributed by atoms with Gasteiger partial charge in [-0.25, -0.2) is 9.48 Å². The predicted molar refractivity (Wildman–Crippen MR) is 118 cm³/mol. The molecule has 0 atom stereocenters. The Labute approximate surface area is 185 Å². The molecule has 1 aromatic carbocycles. The molecule has 0 unspecified atom stereocenters. The molecular weight excluding hydrogens is 429 g/mol. The molecule has 3 rings (SSSR count). The van der Waals surface area contributed by atoms with Crippen LogP contribution in [0.25, 0.3) is 0 Å². The molecule has 1 aliphatic heterocycles. The number of aromatic nitrogens is 3. The Bertz CT molecular complexity index is 935. The number of piperidine rings is 1. The van der Waals surface area contributed by atoms with Crippen molar-refractivity contribution < 1.29 is 9.53 Å². The van der Waals surface area contributed by atoms with E-state index >= 15 is 0 Å². The molecular formula is C20H27Cl2N5O3. The van der Waals surface area contributed by atoms with Gasteiger partial charge in [-0.15, -0.1) is 0 Å². The summed E-state index contributed by atoms with van der Waals surface area (Å²) in [7, 11) is 1.61. The van der Waals surface area contributed by atoms with Crippen LogP contribution in [-0.4, -0.2) is 58.5 Å². The summed E-state index contributed by atoms with van der Waals surface area (Å²) >= 11 is 12.1. The fourth-order valence-corrected chi connectivity index (χ4v) is 4.07. The summed E-state index contributed by atoms with van der Waals surface area (Å²) in [6.07, 6.45) is 1.68. The van der Waals surface area contributed by atoms with E-state index in [9.17, 15) is 9.59 Å². The lowest BCUT2D eigenvalue weighted by Crippen LogP contribution is -2.39. The molecule has 1 fully saturated rings. The maximum Gasteiger partial charge on any atom is 0.345 e. The van der Waals surface area contributed by atoms with Gasteiger partial charge in [-0.2, -0.15) is 5.10 Å². The second-order valence-corrected chi connectivity index (χ2v) is 8.09. The van der Waals surface area contributed by atoms with Crippen LogP contribution in [0.1, 0.15) is 31.5 Å². The average molecular weight is 456 g/mol. The number of halogens is 2. The van der Waals surface area contributed by atoms with Crippen LogP contribution in [0.2, 0.25) is 10.0 Å². The summed E-state index contributed by atoms with van der Waals surface area (Å²) in [4.78, 5) is 27.0. The second-order valence-electron chi connectivity index (χ2n) is 7.30. The highest BCUT2D eigenvalue weighted by Crippen LogP contribution is 2.30. The smallest absolute Gasteiger partial charge is 0.345 e. The summed E-state index contributed by atoms with van der Waals surface area (Å²) < 4.78 is 8.29. The number of benzene rings is 1. The molecule has 2 heterocycles. The summed E-state index contributed by atoms with van der Waals surface area (Å²) in [5.74, 6) is 0.892. The first-order valence-corrected chi connectivity index (χ1v) is 10.8. The van der Waals surface area contributed by atoms with Gasteiger partial charge in [0, 0.05) is 19.6 Å². The number of rotatable bonds is 8. The van der Waals surface area contributed by atoms with Gasteiger partial charge in [-0.3, -0.25) is 14.3 Å². The normalized spacial score (nSPS) is 15.5. The van der Waals surface area contributed by atoms with Crippen LogP contribution in [0, 0.1) is 0 Å². The SMILES string of the molecule is CCn1c(C2CCN(CC(=O)Nc3cccc(Cl)c3Cl)CC2)nn(CCOC)c1=O. The van der Waals surface area contributed by atoms with E-state index in [0.717, 1.165) is 31.8 Å². The van der Waals surface area contributed by atoms with Crippen molar-refractivity contribution in [3.8, 4) is 0 Å². The predicted octanol–water partition coefficient (Wildman–Crippen LogP) is 2.84. The Hall–Kier alpha value is -1.87. The summed E-state index contributed by atoms with van der Waals surface area (Å²) in [6, 6.07) is 5.15. The molecule has 2 aromatic rings. The first-order valence-electron chi connectivity index (χ1n) is 10.1. The van der Waals surface area contributed by atoms with Crippen molar-refractivity contribution in [2.75, 3.05) is 38.7 Å². The van der Waals surface area contributed by atoms with E-state index in [-0.39, 0.29) is 24.1 Å². The number of carbonyl (C=O) groups is 1. The molecule has 1 N–H and O–H groups in total. The standard InChI is InChI=1S/C20H27Cl2N5O3/c1-3-26-19(24-27(20(26)29)11-12-30-2)14-7-9-25(10-8-14)13-17(28)23-16-6-4-5-15(21)18(16)22/h4-6,14H,3,7-13H2,1-2H3,(H,23,28). The van der Waals surface area contributed by atoms with Crippen LogP contribution in [0.4, 0.5) is 5.69 Å². The van der Waals surface area contributed by atoms with Crippen LogP contribution >= 0.6 is 23.2 Å². The molecule has 10 heteroatoms. The molecule has 0 radical (unpaired) electrons. The molecule has 1 aromatic heterocycles. The molecule has 30 heavy (non-hydrogen) atoms. The van der Waals surface area contributed by atoms with Crippen molar-refractivity contribution in [2.45, 2.75) is 38.8 Å². The van der Waals surface area contributed by atoms with Crippen LogP contribution in [0.3, 0.4) is 0 Å². The lowest BCUT2D eigenvalue weighted by Gasteiger charge is -2.31. The fourth-order valence-electron chi connectivity index (χ4n) is 3.72. The van der Waals surface area contributed by atoms with Crippen molar-refractivity contribution in [3.05, 3.63) is 44.6 Å². The van der Waals surface area contributed by atoms with Crippen molar-refractivity contribution >= 4 is 34.8 Å². The van der Waals surface area contributed by atoms with Crippen molar-refractivity contribution in [2.24, 2.45) is 0 Å². The Morgan fingerprint density at radius 3 is 2.70 bits per heavy atom. The minimum atomic E-state index is -0.132. The molecule has 0 saturated carbocycles. The molecule has 8 nitrogen and oxygen atoms in total. The van der Waals surface area contributed by atoms with Crippen LogP contribution in [0.5, 0.6) is 0 Å². The zero-order valence-electron chi connectivity index (χ0n) is 17.2. The molecule has 164 valence electrons. The largest absolute Gasteiger partial charge is 0.383 e. The number of nitrogens with zero attached hydrogens (tertiary/aromatic N) is 4. The zero-order valence-corrected chi connectivity index (χ0v) is 18.7. The molecule has 0 spiro atoms. The Morgan fingerprint density at radius 1 is 1.30 bits per heavy atom. The summed E-state index contributed by atoms with van der Waals surface area (Å²) in [5, 5.41) is 8.13. The third kappa shape index (κ3) is 5.24. The maximum absolute atomic E-state index is 12.5. The summed E-state index contributed by atoms with van der Waals surface area (Å²) in [5.41, 5.74) is 0.419. The lowest BCUT2D eigenvalue weighted by molar-refractivity contribution is -0.117. The van der Waals surface area contributed by atoms with Crippen molar-refractivity contribution in [3.63, 3.8) is 0 Å². The lowest BCUT2D eigenvalue weighted by atomic mass is 9.96. The Kier molecular flexibility index (Phi) is 7.93. The first-order chi connectivity index (χ1) is 14.4. The van der Waals surface area contributed by atoms with Gasteiger partial charge in [0.1, 0.15) is 5.82 Å². The average Bonchev–Trinajstić information content (AvgIpc) is 3.05. The molecule has 0 aliphatic carbocycles. The number of hydrogen-bond donors (Lipinski definition) is 1. The number of likely N-dealkylation sites (tertiary alicyclic amines) is 1. The van der Waals surface area contributed by atoms with Gasteiger partial charge in [0.2, 0.25) is 5.91 Å². The van der Waals surface area contributed by atoms with Crippen LogP contribution < -0.4 is 11.0 Å². The highest BCUT2D eigenvalue weighted by Gasteiger charge is 2.27. The van der Waals surface area contributed by atoms with Gasteiger partial charge in [0.15, 0.2) is 0 Å². The number of ether oxygens (including phenoxy) is 1. The van der Waals surface area contributed by atoms with Gasteiger partial charge in [0.25, 0.3) is 0 Å². The molecule has 1 amide bonds. The number of amides is 1. The highest BCUT2D eigenvalue weighted by atomic mass is 35.5. The minimum absolute atomic E-state index is 0.0928. The van der Waals surface area contributed by atoms with E-state index in [1.807, 2.05) is 6.92 Å². The quantitative estimate of drug-likeness (QED) is 0.661. The molecule has 0 bridgehead atoms. The monoisotopic (exact) mass is 455 g/mol. The van der Waals surface area contributed by atoms with E-state index in [0.29, 0.717) is 35.4 Å². The van der Waals surface area contributed by atoms with Gasteiger partial charge >= 0.3 is 5.69 Å². The number of carbonyl (C=O) groups excluding carboxylic acids is 1. The van der Waals surface area contributed by atoms with Gasteiger partial charge in [-0.05, 0) is 45.0 Å². The van der Waals surface area contributed by atoms with Gasteiger partial charge < -0.3 is 10.1 Å². The minimum Gasteiger partial charge on any atom is -0.383 e. The molecule has 1 aliphatic rings. The maximum atomic E-state index is 12.5. The zero-order chi connectivity index (χ0) is 21.7. The number of hydrogen-bond acceptors (Lipinski definition) is 5. The fraction of sp³-hybridized carbons (Fsp3) is 0.550. The van der Waals surface area contributed by atoms with Gasteiger partial charge in [-0.1, -0.05) is 29.3 Å². The number of nitrogens with one attached hydrogen (secondary N) is 1. The second kappa shape index (κ2) is 10.4. The van der Waals surface area contributed by atoms with E-state index in [1.165, 1.54) is 4.68 Å². The van der Waals surface area contributed by atoms with E-state index in [2.05, 4.69) is 15.3 Å². The number of methoxy groups -OCH3 is 1. The third-order valence-electron chi connectivity index (χ3n) is 5.32. The number of anilines is 1. The van der Waals surface area contributed by atoms with Gasteiger partial charge in [0.05, 0.1) is 35.4 Å². The Morgan fingerprint density at radius 2 is 2.03 bits per heavy atom. The van der Waals surface area contributed by atoms with Crippen molar-refractivity contribution in [1.82, 2.24) is 19.2 Å². The van der Waals surface area contributed by atoms with E-state index in [4.69, 9.17) is 27.9 Å². The first kappa shape index (κ1) is 22.8. The topological polar surface area (TPSA) is 81.4 Å². The van der Waals surface area contributed by atoms with Crippen molar-refractivity contribution in [1.29, 1.82) is 0 Å². The summed E-state index contributed by atoms with van der Waals surface area (Å²) in [6.45, 7) is 5.22. The third-order valence-corrected chi connectivity index (χ3v) is 6.14. The van der Waals surface area contributed by atoms with E-state index in [1.54, 1.807) is 29.9 Å². The van der Waals surface area contributed by atoms with Crippen LogP contribution in [-0.2, 0) is 22.6 Å². The van der Waals surface area contributed by atoms with Crippen LogP contribution in [0.15, 0.2) is 23.0 Å². The molecule has 1 saturated heterocycles.